The van der Waals surface area contributed by atoms with Crippen molar-refractivity contribution >= 4 is 11.5 Å². The monoisotopic (exact) mass is 432 g/mol. The van der Waals surface area contributed by atoms with Crippen molar-refractivity contribution in [2.75, 3.05) is 11.9 Å². The van der Waals surface area contributed by atoms with Gasteiger partial charge in [0, 0.05) is 11.3 Å². The zero-order valence-electron chi connectivity index (χ0n) is 20.0. The van der Waals surface area contributed by atoms with Crippen LogP contribution in [0.5, 0.6) is 0 Å². The number of nitrogens with zero attached hydrogens (tertiary/aromatic N) is 1. The maximum Gasteiger partial charge on any atom is 0.133 e. The highest BCUT2D eigenvalue weighted by molar-refractivity contribution is 6.03. The molecule has 3 rings (SSSR count). The number of para-hydroxylation sites is 1. The molecular weight excluding hydrogens is 392 g/mol. The van der Waals surface area contributed by atoms with Crippen LogP contribution in [0, 0.1) is 0 Å². The second-order valence-electron chi connectivity index (χ2n) is 8.33. The number of amidine groups is 1. The van der Waals surface area contributed by atoms with Gasteiger partial charge in [0.1, 0.15) is 5.84 Å². The SMILES string of the molecule is C=C(/C=C(\C)CCC)N=C(N)c1ccccc1NC1c2ccccc21.CCCCCCN. The van der Waals surface area contributed by atoms with Crippen LogP contribution < -0.4 is 16.8 Å². The molecule has 0 radical (unpaired) electrons. The van der Waals surface area contributed by atoms with E-state index < -0.39 is 0 Å². The number of unbranched alkanes of at least 4 members (excludes halogenated alkanes) is 3. The molecule has 1 aliphatic rings. The third-order valence-corrected chi connectivity index (χ3v) is 5.42. The van der Waals surface area contributed by atoms with Crippen LogP contribution >= 0.6 is 0 Å². The molecule has 2 aromatic rings. The van der Waals surface area contributed by atoms with Gasteiger partial charge in [-0.25, -0.2) is 4.99 Å². The van der Waals surface area contributed by atoms with Crippen molar-refractivity contribution < 1.29 is 0 Å². The normalized spacial score (nSPS) is 13.1. The van der Waals surface area contributed by atoms with E-state index in [1.54, 1.807) is 0 Å². The van der Waals surface area contributed by atoms with E-state index in [4.69, 9.17) is 11.5 Å². The molecule has 1 aliphatic carbocycles. The lowest BCUT2D eigenvalue weighted by atomic mass is 10.1. The van der Waals surface area contributed by atoms with Gasteiger partial charge >= 0.3 is 0 Å². The van der Waals surface area contributed by atoms with Crippen molar-refractivity contribution in [1.29, 1.82) is 0 Å². The first-order chi connectivity index (χ1) is 15.5. The van der Waals surface area contributed by atoms with Crippen LogP contribution in [0.25, 0.3) is 0 Å². The number of aliphatic imine (C=N–C) groups is 1. The number of fused-ring (bicyclic) bond motifs is 1. The topological polar surface area (TPSA) is 76.4 Å². The molecule has 2 aromatic carbocycles. The van der Waals surface area contributed by atoms with Gasteiger partial charge < -0.3 is 16.8 Å². The molecule has 4 heteroatoms. The molecule has 0 saturated heterocycles. The van der Waals surface area contributed by atoms with E-state index in [0.717, 1.165) is 30.6 Å². The maximum absolute atomic E-state index is 6.27. The molecule has 0 spiro atoms. The van der Waals surface area contributed by atoms with E-state index in [2.05, 4.69) is 61.9 Å². The number of rotatable bonds is 11. The molecule has 0 aliphatic heterocycles. The molecule has 0 bridgehead atoms. The van der Waals surface area contributed by atoms with Gasteiger partial charge in [0.2, 0.25) is 0 Å². The molecule has 0 aromatic heterocycles. The average Bonchev–Trinajstić information content (AvgIpc) is 3.47. The van der Waals surface area contributed by atoms with Crippen LogP contribution in [-0.2, 0) is 0 Å². The fourth-order valence-corrected chi connectivity index (χ4v) is 3.67. The Kier molecular flexibility index (Phi) is 10.8. The quantitative estimate of drug-likeness (QED) is 0.160. The van der Waals surface area contributed by atoms with Crippen molar-refractivity contribution in [1.82, 2.24) is 0 Å². The molecular formula is C28H40N4. The molecule has 4 nitrogen and oxygen atoms in total. The summed E-state index contributed by atoms with van der Waals surface area (Å²) >= 11 is 0. The largest absolute Gasteiger partial charge is 0.383 e. The molecule has 5 N–H and O–H groups in total. The van der Waals surface area contributed by atoms with Crippen molar-refractivity contribution in [2.45, 2.75) is 65.3 Å². The predicted octanol–water partition coefficient (Wildman–Crippen LogP) is 6.69. The third-order valence-electron chi connectivity index (χ3n) is 5.42. The van der Waals surface area contributed by atoms with Crippen LogP contribution in [0.4, 0.5) is 5.69 Å². The van der Waals surface area contributed by atoms with Crippen LogP contribution in [0.3, 0.4) is 0 Å². The lowest BCUT2D eigenvalue weighted by Crippen LogP contribution is -2.16. The minimum Gasteiger partial charge on any atom is -0.383 e. The number of nitrogens with two attached hydrogens (primary N) is 2. The maximum atomic E-state index is 6.27. The van der Waals surface area contributed by atoms with Crippen LogP contribution in [0.2, 0.25) is 0 Å². The number of hydrogen-bond donors (Lipinski definition) is 3. The zero-order chi connectivity index (χ0) is 23.3. The van der Waals surface area contributed by atoms with Gasteiger partial charge in [-0.2, -0.15) is 0 Å². The Morgan fingerprint density at radius 2 is 1.66 bits per heavy atom. The second kappa shape index (κ2) is 13.5. The van der Waals surface area contributed by atoms with E-state index in [1.807, 2.05) is 30.3 Å². The highest BCUT2D eigenvalue weighted by Gasteiger charge is 2.31. The minimum absolute atomic E-state index is 0.277. The van der Waals surface area contributed by atoms with Crippen LogP contribution in [0.1, 0.15) is 82.0 Å². The third kappa shape index (κ3) is 8.01. The van der Waals surface area contributed by atoms with Gasteiger partial charge in [0.05, 0.1) is 11.7 Å². The number of hydrogen-bond acceptors (Lipinski definition) is 3. The van der Waals surface area contributed by atoms with Gasteiger partial charge in [-0.05, 0) is 55.6 Å². The Labute approximate surface area is 194 Å². The molecule has 0 fully saturated rings. The van der Waals surface area contributed by atoms with Gasteiger partial charge in [-0.1, -0.05) is 88.1 Å². The molecule has 0 heterocycles. The summed E-state index contributed by atoms with van der Waals surface area (Å²) in [6.07, 6.45) is 9.33. The van der Waals surface area contributed by atoms with Crippen molar-refractivity contribution in [3.8, 4) is 0 Å². The average molecular weight is 433 g/mol. The first-order valence-electron chi connectivity index (χ1n) is 11.9. The van der Waals surface area contributed by atoms with Gasteiger partial charge in [0.15, 0.2) is 0 Å². The zero-order valence-corrected chi connectivity index (χ0v) is 20.0. The summed E-state index contributed by atoms with van der Waals surface area (Å²) in [7, 11) is 0. The molecule has 32 heavy (non-hydrogen) atoms. The van der Waals surface area contributed by atoms with Gasteiger partial charge in [0.25, 0.3) is 0 Å². The highest BCUT2D eigenvalue weighted by Crippen LogP contribution is 2.43. The lowest BCUT2D eigenvalue weighted by Gasteiger charge is -2.11. The van der Waals surface area contributed by atoms with Crippen LogP contribution in [0.15, 0.2) is 77.4 Å². The smallest absolute Gasteiger partial charge is 0.133 e. The summed E-state index contributed by atoms with van der Waals surface area (Å²) in [5.74, 6) is 0.485. The van der Waals surface area contributed by atoms with E-state index in [9.17, 15) is 0 Å². The Hall–Kier alpha value is -2.85. The van der Waals surface area contributed by atoms with Crippen molar-refractivity contribution in [3.05, 3.63) is 89.1 Å². The lowest BCUT2D eigenvalue weighted by molar-refractivity contribution is 0.674. The van der Waals surface area contributed by atoms with Crippen molar-refractivity contribution in [2.24, 2.45) is 16.5 Å². The molecule has 0 unspecified atom stereocenters. The van der Waals surface area contributed by atoms with Gasteiger partial charge in [-0.15, -0.1) is 0 Å². The summed E-state index contributed by atoms with van der Waals surface area (Å²) < 4.78 is 0. The molecule has 172 valence electrons. The molecule has 0 amide bonds. The van der Waals surface area contributed by atoms with Crippen molar-refractivity contribution in [3.63, 3.8) is 0 Å². The summed E-state index contributed by atoms with van der Waals surface area (Å²) in [5, 5.41) is 3.56. The number of anilines is 1. The number of allylic oxidation sites excluding steroid dienone is 2. The van der Waals surface area contributed by atoms with Gasteiger partial charge in [-0.3, -0.25) is 0 Å². The summed E-state index contributed by atoms with van der Waals surface area (Å²) in [6.45, 7) is 11.3. The number of nitrogens with one attached hydrogen (secondary N) is 1. The van der Waals surface area contributed by atoms with E-state index in [1.165, 1.54) is 42.4 Å². The molecule has 0 saturated carbocycles. The predicted molar refractivity (Wildman–Crippen MR) is 140 cm³/mol. The first-order valence-corrected chi connectivity index (χ1v) is 11.9. The van der Waals surface area contributed by atoms with E-state index >= 15 is 0 Å². The first kappa shape index (κ1) is 25.4. The standard InChI is InChI=1S/C22H25N3.C6H15N/c1-4-9-15(2)14-16(3)24-22(23)19-12-7-8-13-20(19)25-21-17-10-5-6-11-18(17)21;1-2-3-4-5-6-7/h5-8,10-14,21,25H,3-4,9H2,1-2H3,(H2,23,24);2-7H2,1H3/b15-14+;. The Bertz CT molecular complexity index is 900. The highest BCUT2D eigenvalue weighted by atomic mass is 15.0. The fourth-order valence-electron chi connectivity index (χ4n) is 3.67. The van der Waals surface area contributed by atoms with Crippen LogP contribution in [-0.4, -0.2) is 12.4 Å². The minimum atomic E-state index is 0.277. The Morgan fingerprint density at radius 1 is 1.00 bits per heavy atom. The summed E-state index contributed by atoms with van der Waals surface area (Å²) in [6, 6.07) is 16.7. The summed E-state index contributed by atoms with van der Waals surface area (Å²) in [5.41, 5.74) is 18.1. The van der Waals surface area contributed by atoms with E-state index in [0.29, 0.717) is 11.5 Å². The molecule has 0 atom stereocenters. The van der Waals surface area contributed by atoms with E-state index in [-0.39, 0.29) is 6.04 Å². The fraction of sp³-hybridized carbons (Fsp3) is 0.393. The number of benzene rings is 2. The Morgan fingerprint density at radius 3 is 2.28 bits per heavy atom. The second-order valence-corrected chi connectivity index (χ2v) is 8.33. The summed E-state index contributed by atoms with van der Waals surface area (Å²) in [4.78, 5) is 4.49. The Balaban J connectivity index is 0.000000451.